The van der Waals surface area contributed by atoms with E-state index in [-0.39, 0.29) is 17.5 Å². The average molecular weight is 320 g/mol. The molecule has 1 unspecified atom stereocenters. The summed E-state index contributed by atoms with van der Waals surface area (Å²) < 4.78 is 18.9. The minimum absolute atomic E-state index is 0.220. The Bertz CT molecular complexity index is 527. The van der Waals surface area contributed by atoms with E-state index in [4.69, 9.17) is 16.0 Å². The van der Waals surface area contributed by atoms with Gasteiger partial charge in [0, 0.05) is 10.9 Å². The Morgan fingerprint density at radius 1 is 1.35 bits per heavy atom. The standard InChI is InChI=1S/C12H9BrClFO2/c13-9-2-1-8(15)5-7(9)6-10(16)11-3-4-12(14)17-11/h1-5,10,16H,6H2. The van der Waals surface area contributed by atoms with E-state index in [0.717, 1.165) is 4.47 Å². The Kier molecular flexibility index (Phi) is 3.86. The highest BCUT2D eigenvalue weighted by Gasteiger charge is 2.14. The molecule has 0 aliphatic rings. The van der Waals surface area contributed by atoms with Gasteiger partial charge in [-0.15, -0.1) is 0 Å². The van der Waals surface area contributed by atoms with E-state index in [0.29, 0.717) is 11.3 Å². The molecule has 0 saturated carbocycles. The summed E-state index contributed by atoms with van der Waals surface area (Å²) >= 11 is 8.92. The molecule has 0 aliphatic carbocycles. The second-order valence-corrected chi connectivity index (χ2v) is 4.82. The predicted molar refractivity (Wildman–Crippen MR) is 66.5 cm³/mol. The Hall–Kier alpha value is -0.840. The highest BCUT2D eigenvalue weighted by Crippen LogP contribution is 2.26. The van der Waals surface area contributed by atoms with Crippen molar-refractivity contribution in [2.75, 3.05) is 0 Å². The van der Waals surface area contributed by atoms with Crippen LogP contribution in [0.1, 0.15) is 17.4 Å². The van der Waals surface area contributed by atoms with Crippen molar-refractivity contribution in [1.29, 1.82) is 0 Å². The molecule has 2 rings (SSSR count). The smallest absolute Gasteiger partial charge is 0.193 e. The van der Waals surface area contributed by atoms with Crippen molar-refractivity contribution in [2.24, 2.45) is 0 Å². The first kappa shape index (κ1) is 12.6. The van der Waals surface area contributed by atoms with E-state index in [9.17, 15) is 9.50 Å². The van der Waals surface area contributed by atoms with Crippen LogP contribution < -0.4 is 0 Å². The molecule has 0 fully saturated rings. The molecule has 0 aliphatic heterocycles. The molecule has 1 aromatic heterocycles. The number of furan rings is 1. The van der Waals surface area contributed by atoms with Crippen LogP contribution in [0.3, 0.4) is 0 Å². The van der Waals surface area contributed by atoms with Crippen LogP contribution in [0.25, 0.3) is 0 Å². The molecule has 0 bridgehead atoms. The molecule has 17 heavy (non-hydrogen) atoms. The zero-order chi connectivity index (χ0) is 12.4. The zero-order valence-corrected chi connectivity index (χ0v) is 11.0. The van der Waals surface area contributed by atoms with E-state index >= 15 is 0 Å². The molecule has 2 nitrogen and oxygen atoms in total. The Labute approximate surface area is 111 Å². The van der Waals surface area contributed by atoms with Gasteiger partial charge in [-0.2, -0.15) is 0 Å². The minimum Gasteiger partial charge on any atom is -0.447 e. The van der Waals surface area contributed by atoms with Gasteiger partial charge in [0.15, 0.2) is 5.22 Å². The molecule has 0 amide bonds. The number of hydrogen-bond acceptors (Lipinski definition) is 2. The summed E-state index contributed by atoms with van der Waals surface area (Å²) in [6, 6.07) is 7.48. The van der Waals surface area contributed by atoms with Crippen molar-refractivity contribution in [3.8, 4) is 0 Å². The van der Waals surface area contributed by atoms with Crippen LogP contribution in [-0.4, -0.2) is 5.11 Å². The van der Waals surface area contributed by atoms with Crippen molar-refractivity contribution in [3.63, 3.8) is 0 Å². The van der Waals surface area contributed by atoms with Gasteiger partial charge in [0.2, 0.25) is 0 Å². The van der Waals surface area contributed by atoms with E-state index in [1.807, 2.05) is 0 Å². The first-order valence-electron chi connectivity index (χ1n) is 4.93. The molecule has 0 saturated heterocycles. The number of rotatable bonds is 3. The fraction of sp³-hybridized carbons (Fsp3) is 0.167. The molecule has 0 spiro atoms. The Morgan fingerprint density at radius 2 is 2.12 bits per heavy atom. The summed E-state index contributed by atoms with van der Waals surface area (Å²) in [5, 5.41) is 10.1. The van der Waals surface area contributed by atoms with Crippen molar-refractivity contribution >= 4 is 27.5 Å². The van der Waals surface area contributed by atoms with Crippen LogP contribution >= 0.6 is 27.5 Å². The first-order valence-corrected chi connectivity index (χ1v) is 6.10. The number of halogens is 3. The van der Waals surface area contributed by atoms with Crippen molar-refractivity contribution in [3.05, 3.63) is 57.2 Å². The van der Waals surface area contributed by atoms with Gasteiger partial charge in [0.25, 0.3) is 0 Å². The number of aliphatic hydroxyl groups excluding tert-OH is 1. The monoisotopic (exact) mass is 318 g/mol. The lowest BCUT2D eigenvalue weighted by atomic mass is 10.1. The molecule has 1 N–H and O–H groups in total. The quantitative estimate of drug-likeness (QED) is 0.923. The van der Waals surface area contributed by atoms with Crippen LogP contribution in [0.4, 0.5) is 4.39 Å². The molecule has 1 aromatic carbocycles. The SMILES string of the molecule is OC(Cc1cc(F)ccc1Br)c1ccc(Cl)o1. The second-order valence-electron chi connectivity index (χ2n) is 3.60. The fourth-order valence-corrected chi connectivity index (χ4v) is 2.08. The highest BCUT2D eigenvalue weighted by molar-refractivity contribution is 9.10. The maximum Gasteiger partial charge on any atom is 0.193 e. The van der Waals surface area contributed by atoms with Crippen LogP contribution in [0.15, 0.2) is 39.2 Å². The predicted octanol–water partition coefficient (Wildman–Crippen LogP) is 4.11. The van der Waals surface area contributed by atoms with Gasteiger partial charge in [-0.3, -0.25) is 0 Å². The van der Waals surface area contributed by atoms with Crippen molar-refractivity contribution in [1.82, 2.24) is 0 Å². The van der Waals surface area contributed by atoms with E-state index < -0.39 is 6.10 Å². The maximum atomic E-state index is 13.1. The molecule has 90 valence electrons. The van der Waals surface area contributed by atoms with E-state index in [1.54, 1.807) is 18.2 Å². The molecule has 1 atom stereocenters. The van der Waals surface area contributed by atoms with E-state index in [1.165, 1.54) is 12.1 Å². The van der Waals surface area contributed by atoms with Gasteiger partial charge in [-0.1, -0.05) is 15.9 Å². The van der Waals surface area contributed by atoms with Gasteiger partial charge in [0.05, 0.1) is 0 Å². The third kappa shape index (κ3) is 3.09. The second kappa shape index (κ2) is 5.21. The first-order chi connectivity index (χ1) is 8.06. The summed E-state index contributed by atoms with van der Waals surface area (Å²) in [6.07, 6.45) is -0.594. The number of hydrogen-bond donors (Lipinski definition) is 1. The van der Waals surface area contributed by atoms with Crippen LogP contribution in [-0.2, 0) is 6.42 Å². The topological polar surface area (TPSA) is 33.4 Å². The normalized spacial score (nSPS) is 12.7. The third-order valence-electron chi connectivity index (χ3n) is 2.34. The average Bonchev–Trinajstić information content (AvgIpc) is 2.70. The summed E-state index contributed by atoms with van der Waals surface area (Å²) in [4.78, 5) is 0. The molecular weight excluding hydrogens is 310 g/mol. The van der Waals surface area contributed by atoms with Gasteiger partial charge in [0.1, 0.15) is 17.7 Å². The van der Waals surface area contributed by atoms with Gasteiger partial charge in [-0.05, 0) is 47.5 Å². The molecule has 2 aromatic rings. The zero-order valence-electron chi connectivity index (χ0n) is 8.66. The van der Waals surface area contributed by atoms with Gasteiger partial charge < -0.3 is 9.52 Å². The van der Waals surface area contributed by atoms with Gasteiger partial charge in [-0.25, -0.2) is 4.39 Å². The van der Waals surface area contributed by atoms with Crippen LogP contribution in [0.5, 0.6) is 0 Å². The Morgan fingerprint density at radius 3 is 2.76 bits per heavy atom. The summed E-state index contributed by atoms with van der Waals surface area (Å²) in [7, 11) is 0. The van der Waals surface area contributed by atoms with Crippen molar-refractivity contribution < 1.29 is 13.9 Å². The fourth-order valence-electron chi connectivity index (χ4n) is 1.52. The lowest BCUT2D eigenvalue weighted by molar-refractivity contribution is 0.150. The largest absolute Gasteiger partial charge is 0.447 e. The molecule has 5 heteroatoms. The van der Waals surface area contributed by atoms with Crippen molar-refractivity contribution in [2.45, 2.75) is 12.5 Å². The minimum atomic E-state index is -0.847. The molecule has 1 heterocycles. The third-order valence-corrected chi connectivity index (χ3v) is 3.32. The summed E-state index contributed by atoms with van der Waals surface area (Å²) in [6.45, 7) is 0. The molecular formula is C12H9BrClFO2. The lowest BCUT2D eigenvalue weighted by Gasteiger charge is -2.09. The Balaban J connectivity index is 2.18. The summed E-state index contributed by atoms with van der Waals surface area (Å²) in [5.74, 6) is 0.0269. The van der Waals surface area contributed by atoms with Crippen LogP contribution in [0.2, 0.25) is 5.22 Å². The maximum absolute atomic E-state index is 13.1. The van der Waals surface area contributed by atoms with Crippen LogP contribution in [0, 0.1) is 5.82 Å². The van der Waals surface area contributed by atoms with E-state index in [2.05, 4.69) is 15.9 Å². The number of aliphatic hydroxyl groups is 1. The highest BCUT2D eigenvalue weighted by atomic mass is 79.9. The summed E-state index contributed by atoms with van der Waals surface area (Å²) in [5.41, 5.74) is 0.671. The molecule has 0 radical (unpaired) electrons. The van der Waals surface area contributed by atoms with Gasteiger partial charge >= 0.3 is 0 Å². The lowest BCUT2D eigenvalue weighted by Crippen LogP contribution is -2.01. The number of benzene rings is 1.